The molecule has 6 heteroatoms. The number of fused-ring (bicyclic) bond motifs is 2. The third-order valence-electron chi connectivity index (χ3n) is 4.84. The van der Waals surface area contributed by atoms with E-state index >= 15 is 0 Å². The van der Waals surface area contributed by atoms with Crippen LogP contribution in [0, 0.1) is 6.92 Å². The molecule has 1 aromatic carbocycles. The van der Waals surface area contributed by atoms with E-state index in [0.717, 1.165) is 61.1 Å². The number of benzene rings is 1. The Morgan fingerprint density at radius 1 is 1.42 bits per heavy atom. The lowest BCUT2D eigenvalue weighted by Crippen LogP contribution is -2.37. The van der Waals surface area contributed by atoms with Gasteiger partial charge in [0.1, 0.15) is 29.3 Å². The molecule has 1 aromatic heterocycles. The first-order valence-corrected chi connectivity index (χ1v) is 8.62. The molecule has 2 aromatic rings. The summed E-state index contributed by atoms with van der Waals surface area (Å²) < 4.78 is 13.5. The Bertz CT molecular complexity index is 756. The second-order valence-electron chi connectivity index (χ2n) is 6.78. The Morgan fingerprint density at radius 3 is 3.12 bits per heavy atom. The van der Waals surface area contributed by atoms with Gasteiger partial charge in [-0.2, -0.15) is 5.10 Å². The largest absolute Gasteiger partial charge is 0.496 e. The molecule has 0 saturated heterocycles. The number of hydrogen-bond donors (Lipinski definition) is 1. The molecule has 0 spiro atoms. The Kier molecular flexibility index (Phi) is 3.92. The summed E-state index contributed by atoms with van der Waals surface area (Å²) in [7, 11) is 1.73. The molecule has 1 N–H and O–H groups in total. The molecular formula is C18H24N4O2. The van der Waals surface area contributed by atoms with Crippen molar-refractivity contribution < 1.29 is 9.47 Å². The number of nitrogens with zero attached hydrogens (tertiary/aromatic N) is 3. The van der Waals surface area contributed by atoms with Gasteiger partial charge < -0.3 is 14.8 Å². The van der Waals surface area contributed by atoms with Gasteiger partial charge in [-0.25, -0.2) is 9.67 Å². The number of ether oxygens (including phenoxy) is 2. The predicted molar refractivity (Wildman–Crippen MR) is 90.5 cm³/mol. The van der Waals surface area contributed by atoms with E-state index in [4.69, 9.17) is 9.47 Å². The zero-order valence-electron chi connectivity index (χ0n) is 14.5. The van der Waals surface area contributed by atoms with Crippen LogP contribution in [-0.2, 0) is 25.9 Å². The minimum atomic E-state index is 0.250. The fourth-order valence-corrected chi connectivity index (χ4v) is 3.66. The molecule has 128 valence electrons. The molecule has 6 nitrogen and oxygen atoms in total. The molecule has 2 aliphatic heterocycles. The lowest BCUT2D eigenvalue weighted by atomic mass is 10.0. The van der Waals surface area contributed by atoms with E-state index in [1.54, 1.807) is 7.11 Å². The van der Waals surface area contributed by atoms with Crippen molar-refractivity contribution in [2.75, 3.05) is 7.11 Å². The molecule has 2 atom stereocenters. The van der Waals surface area contributed by atoms with Crippen LogP contribution in [0.2, 0.25) is 0 Å². The van der Waals surface area contributed by atoms with Gasteiger partial charge in [0.15, 0.2) is 0 Å². The molecule has 2 aliphatic rings. The summed E-state index contributed by atoms with van der Waals surface area (Å²) in [5.74, 6) is 3.89. The topological polar surface area (TPSA) is 61.2 Å². The van der Waals surface area contributed by atoms with E-state index in [1.807, 2.05) is 11.6 Å². The van der Waals surface area contributed by atoms with Gasteiger partial charge in [0.05, 0.1) is 13.7 Å². The average Bonchev–Trinajstić information content (AvgIpc) is 3.11. The standard InChI is InChI=1S/C18H24N4O2/c1-11-6-13-7-16(23-3)14(8-17(13)24-11)9-19-15-4-5-18-20-12(2)21-22(18)10-15/h7-8,11,15,19H,4-6,9-10H2,1-3H3. The highest BCUT2D eigenvalue weighted by atomic mass is 16.5. The molecule has 3 heterocycles. The lowest BCUT2D eigenvalue weighted by molar-refractivity contribution is 0.254. The number of aromatic nitrogens is 3. The summed E-state index contributed by atoms with van der Waals surface area (Å²) in [6.45, 7) is 5.69. The van der Waals surface area contributed by atoms with Crippen LogP contribution < -0.4 is 14.8 Å². The lowest BCUT2D eigenvalue weighted by Gasteiger charge is -2.24. The predicted octanol–water partition coefficient (Wildman–Crippen LogP) is 2.02. The fourth-order valence-electron chi connectivity index (χ4n) is 3.66. The van der Waals surface area contributed by atoms with Crippen molar-refractivity contribution in [3.8, 4) is 11.5 Å². The van der Waals surface area contributed by atoms with Gasteiger partial charge in [-0.3, -0.25) is 0 Å². The Labute approximate surface area is 142 Å². The molecule has 0 bridgehead atoms. The third-order valence-corrected chi connectivity index (χ3v) is 4.84. The molecule has 0 aliphatic carbocycles. The summed E-state index contributed by atoms with van der Waals surface area (Å²) >= 11 is 0. The van der Waals surface area contributed by atoms with E-state index in [2.05, 4.69) is 34.5 Å². The first kappa shape index (κ1) is 15.4. The van der Waals surface area contributed by atoms with Gasteiger partial charge in [-0.1, -0.05) is 0 Å². The Balaban J connectivity index is 1.46. The van der Waals surface area contributed by atoms with E-state index in [9.17, 15) is 0 Å². The maximum Gasteiger partial charge on any atom is 0.147 e. The van der Waals surface area contributed by atoms with Crippen LogP contribution in [0.25, 0.3) is 0 Å². The highest BCUT2D eigenvalue weighted by Gasteiger charge is 2.23. The van der Waals surface area contributed by atoms with Crippen LogP contribution in [0.15, 0.2) is 12.1 Å². The normalized spacial score (nSPS) is 22.0. The maximum atomic E-state index is 5.88. The number of rotatable bonds is 4. The van der Waals surface area contributed by atoms with Gasteiger partial charge in [0, 0.05) is 36.6 Å². The molecule has 24 heavy (non-hydrogen) atoms. The van der Waals surface area contributed by atoms with Crippen LogP contribution in [0.4, 0.5) is 0 Å². The van der Waals surface area contributed by atoms with Crippen LogP contribution in [0.1, 0.15) is 36.1 Å². The van der Waals surface area contributed by atoms with Crippen LogP contribution in [-0.4, -0.2) is 34.0 Å². The summed E-state index contributed by atoms with van der Waals surface area (Å²) in [5.41, 5.74) is 2.38. The fraction of sp³-hybridized carbons (Fsp3) is 0.556. The van der Waals surface area contributed by atoms with E-state index in [0.29, 0.717) is 6.04 Å². The van der Waals surface area contributed by atoms with Crippen molar-refractivity contribution in [1.82, 2.24) is 20.1 Å². The third kappa shape index (κ3) is 2.86. The highest BCUT2D eigenvalue weighted by molar-refractivity contribution is 5.48. The monoisotopic (exact) mass is 328 g/mol. The highest BCUT2D eigenvalue weighted by Crippen LogP contribution is 2.35. The quantitative estimate of drug-likeness (QED) is 0.930. The van der Waals surface area contributed by atoms with Crippen molar-refractivity contribution >= 4 is 0 Å². The van der Waals surface area contributed by atoms with Gasteiger partial charge in [-0.15, -0.1) is 0 Å². The number of hydrogen-bond acceptors (Lipinski definition) is 5. The molecular weight excluding hydrogens is 304 g/mol. The van der Waals surface area contributed by atoms with Gasteiger partial charge in [-0.05, 0) is 32.4 Å². The molecule has 0 radical (unpaired) electrons. The average molecular weight is 328 g/mol. The zero-order valence-corrected chi connectivity index (χ0v) is 14.5. The summed E-state index contributed by atoms with van der Waals surface area (Å²) in [4.78, 5) is 4.47. The molecule has 0 fully saturated rings. The second kappa shape index (κ2) is 6.09. The van der Waals surface area contributed by atoms with Crippen molar-refractivity contribution in [1.29, 1.82) is 0 Å². The smallest absolute Gasteiger partial charge is 0.147 e. The summed E-state index contributed by atoms with van der Waals surface area (Å²) in [5, 5.41) is 8.11. The molecule has 2 unspecified atom stereocenters. The van der Waals surface area contributed by atoms with Crippen molar-refractivity contribution in [2.24, 2.45) is 0 Å². The van der Waals surface area contributed by atoms with Gasteiger partial charge in [0.2, 0.25) is 0 Å². The number of methoxy groups -OCH3 is 1. The van der Waals surface area contributed by atoms with Crippen LogP contribution in [0.3, 0.4) is 0 Å². The second-order valence-corrected chi connectivity index (χ2v) is 6.78. The van der Waals surface area contributed by atoms with E-state index < -0.39 is 0 Å². The SMILES string of the molecule is COc1cc2c(cc1CNC1CCc3nc(C)nn3C1)OC(C)C2. The van der Waals surface area contributed by atoms with Crippen LogP contribution in [0.5, 0.6) is 11.5 Å². The van der Waals surface area contributed by atoms with Crippen molar-refractivity contribution in [3.05, 3.63) is 34.9 Å². The number of aryl methyl sites for hydroxylation is 2. The van der Waals surface area contributed by atoms with E-state index in [1.165, 1.54) is 5.56 Å². The minimum absolute atomic E-state index is 0.250. The number of nitrogens with one attached hydrogen (secondary N) is 1. The first-order chi connectivity index (χ1) is 11.6. The summed E-state index contributed by atoms with van der Waals surface area (Å²) in [6, 6.07) is 4.64. The Morgan fingerprint density at radius 2 is 2.29 bits per heavy atom. The van der Waals surface area contributed by atoms with E-state index in [-0.39, 0.29) is 6.10 Å². The van der Waals surface area contributed by atoms with Crippen molar-refractivity contribution in [2.45, 2.75) is 58.3 Å². The first-order valence-electron chi connectivity index (χ1n) is 8.62. The van der Waals surface area contributed by atoms with Crippen LogP contribution >= 0.6 is 0 Å². The zero-order chi connectivity index (χ0) is 16.7. The molecule has 0 amide bonds. The summed E-state index contributed by atoms with van der Waals surface area (Å²) in [6.07, 6.45) is 3.26. The van der Waals surface area contributed by atoms with Gasteiger partial charge >= 0.3 is 0 Å². The van der Waals surface area contributed by atoms with Gasteiger partial charge in [0.25, 0.3) is 0 Å². The Hall–Kier alpha value is -2.08. The maximum absolute atomic E-state index is 5.88. The molecule has 0 saturated carbocycles. The molecule has 4 rings (SSSR count). The van der Waals surface area contributed by atoms with Crippen molar-refractivity contribution in [3.63, 3.8) is 0 Å². The minimum Gasteiger partial charge on any atom is -0.496 e.